The number of aromatic nitrogens is 1. The first kappa shape index (κ1) is 16.5. The molecule has 118 valence electrons. The summed E-state index contributed by atoms with van der Waals surface area (Å²) in [7, 11) is 0. The molecule has 0 unspecified atom stereocenters. The fourth-order valence-corrected chi connectivity index (χ4v) is 3.03. The Balaban J connectivity index is 1.85. The van der Waals surface area contributed by atoms with Crippen LogP contribution in [0.15, 0.2) is 17.0 Å². The van der Waals surface area contributed by atoms with Crippen LogP contribution in [0.4, 0.5) is 5.13 Å². The van der Waals surface area contributed by atoms with Crippen molar-refractivity contribution in [2.75, 3.05) is 24.2 Å². The molecule has 0 aliphatic carbocycles. The molecule has 0 saturated heterocycles. The maximum absolute atomic E-state index is 11.9. The van der Waals surface area contributed by atoms with Gasteiger partial charge >= 0.3 is 5.97 Å². The van der Waals surface area contributed by atoms with Crippen molar-refractivity contribution in [3.63, 3.8) is 0 Å². The van der Waals surface area contributed by atoms with Gasteiger partial charge in [0.25, 0.3) is 0 Å². The number of ether oxygens (including phenoxy) is 1. The van der Waals surface area contributed by atoms with Gasteiger partial charge in [0.1, 0.15) is 6.54 Å². The van der Waals surface area contributed by atoms with Crippen molar-refractivity contribution in [1.82, 2.24) is 9.88 Å². The normalized spacial score (nSPS) is 14.0. The third-order valence-corrected chi connectivity index (χ3v) is 4.14. The first-order valence-corrected chi connectivity index (χ1v) is 8.49. The highest BCUT2D eigenvalue weighted by Gasteiger charge is 2.18. The van der Waals surface area contributed by atoms with Gasteiger partial charge in [0.2, 0.25) is 11.8 Å². The molecule has 1 aromatic rings. The molecule has 22 heavy (non-hydrogen) atoms. The number of thioether (sulfide) groups is 1. The van der Waals surface area contributed by atoms with Gasteiger partial charge in [0.05, 0.1) is 24.5 Å². The Morgan fingerprint density at radius 2 is 2.32 bits per heavy atom. The molecule has 0 bridgehead atoms. The van der Waals surface area contributed by atoms with Crippen molar-refractivity contribution < 1.29 is 19.1 Å². The highest BCUT2D eigenvalue weighted by atomic mass is 32.2. The number of nitrogens with one attached hydrogen (secondary N) is 1. The minimum Gasteiger partial charge on any atom is -0.466 e. The molecule has 0 fully saturated rings. The SMILES string of the molecule is CCOC(=O)Cc1csc(NC(=O)CN2C=CSCC2=O)n1. The van der Waals surface area contributed by atoms with Crippen LogP contribution >= 0.6 is 23.1 Å². The number of carbonyl (C=O) groups is 3. The smallest absolute Gasteiger partial charge is 0.311 e. The minimum absolute atomic E-state index is 0.0529. The Labute approximate surface area is 135 Å². The van der Waals surface area contributed by atoms with E-state index in [1.165, 1.54) is 28.0 Å². The second-order valence-electron chi connectivity index (χ2n) is 4.29. The molecule has 1 aromatic heterocycles. The summed E-state index contributed by atoms with van der Waals surface area (Å²) in [5.74, 6) is -0.455. The zero-order valence-corrected chi connectivity index (χ0v) is 13.5. The number of anilines is 1. The fourth-order valence-electron chi connectivity index (χ4n) is 1.66. The summed E-state index contributed by atoms with van der Waals surface area (Å²) in [5.41, 5.74) is 0.545. The van der Waals surface area contributed by atoms with Gasteiger partial charge in [-0.05, 0) is 12.3 Å². The van der Waals surface area contributed by atoms with E-state index in [9.17, 15) is 14.4 Å². The first-order valence-electron chi connectivity index (χ1n) is 6.56. The zero-order valence-electron chi connectivity index (χ0n) is 11.9. The highest BCUT2D eigenvalue weighted by molar-refractivity contribution is 8.02. The number of hydrogen-bond donors (Lipinski definition) is 1. The van der Waals surface area contributed by atoms with E-state index in [1.807, 2.05) is 0 Å². The third-order valence-electron chi connectivity index (χ3n) is 2.61. The van der Waals surface area contributed by atoms with Crippen LogP contribution in [-0.2, 0) is 25.5 Å². The Kier molecular flexibility index (Phi) is 5.96. The summed E-state index contributed by atoms with van der Waals surface area (Å²) in [6.45, 7) is 2.00. The molecule has 0 spiro atoms. The van der Waals surface area contributed by atoms with Crippen LogP contribution in [0.2, 0.25) is 0 Å². The topological polar surface area (TPSA) is 88.6 Å². The second kappa shape index (κ2) is 7.95. The summed E-state index contributed by atoms with van der Waals surface area (Å²) in [6, 6.07) is 0. The van der Waals surface area contributed by atoms with E-state index in [2.05, 4.69) is 10.3 Å². The lowest BCUT2D eigenvalue weighted by Gasteiger charge is -2.19. The number of carbonyl (C=O) groups excluding carboxylic acids is 3. The molecule has 2 heterocycles. The molecule has 0 aromatic carbocycles. The number of amides is 2. The van der Waals surface area contributed by atoms with Crippen LogP contribution in [0, 0.1) is 0 Å². The van der Waals surface area contributed by atoms with E-state index in [0.29, 0.717) is 23.2 Å². The van der Waals surface area contributed by atoms with Gasteiger partial charge in [0.15, 0.2) is 5.13 Å². The lowest BCUT2D eigenvalue weighted by molar-refractivity contribution is -0.142. The largest absolute Gasteiger partial charge is 0.466 e. The minimum atomic E-state index is -0.354. The Bertz CT molecular complexity index is 600. The molecule has 1 aliphatic rings. The second-order valence-corrected chi connectivity index (χ2v) is 6.04. The number of thiazole rings is 1. The lowest BCUT2D eigenvalue weighted by Crippen LogP contribution is -2.36. The van der Waals surface area contributed by atoms with Crippen molar-refractivity contribution in [2.45, 2.75) is 13.3 Å². The molecule has 2 amide bonds. The predicted octanol–water partition coefficient (Wildman–Crippen LogP) is 1.23. The van der Waals surface area contributed by atoms with Crippen LogP contribution < -0.4 is 5.32 Å². The Morgan fingerprint density at radius 3 is 3.05 bits per heavy atom. The van der Waals surface area contributed by atoms with Gasteiger partial charge in [-0.15, -0.1) is 23.1 Å². The summed E-state index contributed by atoms with van der Waals surface area (Å²) in [4.78, 5) is 40.3. The van der Waals surface area contributed by atoms with Crippen molar-refractivity contribution in [3.8, 4) is 0 Å². The predicted molar refractivity (Wildman–Crippen MR) is 84.4 cm³/mol. The maximum Gasteiger partial charge on any atom is 0.311 e. The van der Waals surface area contributed by atoms with Gasteiger partial charge in [-0.1, -0.05) is 0 Å². The molecule has 1 N–H and O–H groups in total. The first-order chi connectivity index (χ1) is 10.6. The maximum atomic E-state index is 11.9. The van der Waals surface area contributed by atoms with E-state index in [-0.39, 0.29) is 30.7 Å². The van der Waals surface area contributed by atoms with Crippen LogP contribution in [0.25, 0.3) is 0 Å². The third kappa shape index (κ3) is 4.85. The molecule has 9 heteroatoms. The molecule has 0 radical (unpaired) electrons. The van der Waals surface area contributed by atoms with Gasteiger partial charge in [-0.2, -0.15) is 0 Å². The van der Waals surface area contributed by atoms with Gasteiger partial charge in [0, 0.05) is 11.6 Å². The number of nitrogens with zero attached hydrogens (tertiary/aromatic N) is 2. The molecule has 0 atom stereocenters. The van der Waals surface area contributed by atoms with E-state index >= 15 is 0 Å². The van der Waals surface area contributed by atoms with Gasteiger partial charge < -0.3 is 15.0 Å². The van der Waals surface area contributed by atoms with Crippen LogP contribution in [0.1, 0.15) is 12.6 Å². The number of hydrogen-bond acceptors (Lipinski definition) is 7. The molecule has 2 rings (SSSR count). The van der Waals surface area contributed by atoms with Crippen molar-refractivity contribution >= 4 is 46.0 Å². The molecule has 0 saturated carbocycles. The molecular weight excluding hydrogens is 326 g/mol. The zero-order chi connectivity index (χ0) is 15.9. The lowest BCUT2D eigenvalue weighted by atomic mass is 10.3. The number of rotatable bonds is 6. The van der Waals surface area contributed by atoms with Crippen molar-refractivity contribution in [2.24, 2.45) is 0 Å². The summed E-state index contributed by atoms with van der Waals surface area (Å²) >= 11 is 2.62. The van der Waals surface area contributed by atoms with Gasteiger partial charge in [-0.25, -0.2) is 4.98 Å². The standard InChI is InChI=1S/C13H15N3O4S2/c1-2-20-12(19)5-9-7-22-13(14-9)15-10(17)6-16-3-4-21-8-11(16)18/h3-4,7H,2,5-6,8H2,1H3,(H,14,15,17). The average Bonchev–Trinajstić information content (AvgIpc) is 2.88. The molecular formula is C13H15N3O4S2. The van der Waals surface area contributed by atoms with E-state index in [0.717, 1.165) is 0 Å². The molecule has 7 nitrogen and oxygen atoms in total. The van der Waals surface area contributed by atoms with Crippen LogP contribution in [0.5, 0.6) is 0 Å². The molecule has 1 aliphatic heterocycles. The van der Waals surface area contributed by atoms with E-state index < -0.39 is 0 Å². The fraction of sp³-hybridized carbons (Fsp3) is 0.385. The average molecular weight is 341 g/mol. The summed E-state index contributed by atoms with van der Waals surface area (Å²) in [5, 5.41) is 6.48. The quantitative estimate of drug-likeness (QED) is 0.783. The summed E-state index contributed by atoms with van der Waals surface area (Å²) < 4.78 is 4.83. The van der Waals surface area contributed by atoms with Crippen molar-refractivity contribution in [1.29, 1.82) is 0 Å². The van der Waals surface area contributed by atoms with Crippen LogP contribution in [0.3, 0.4) is 0 Å². The monoisotopic (exact) mass is 341 g/mol. The van der Waals surface area contributed by atoms with E-state index in [1.54, 1.807) is 23.9 Å². The van der Waals surface area contributed by atoms with E-state index in [4.69, 9.17) is 4.74 Å². The number of esters is 1. The summed E-state index contributed by atoms with van der Waals surface area (Å²) in [6.07, 6.45) is 1.66. The van der Waals surface area contributed by atoms with Crippen LogP contribution in [-0.4, -0.2) is 46.6 Å². The Hall–Kier alpha value is -1.87. The van der Waals surface area contributed by atoms with Gasteiger partial charge in [-0.3, -0.25) is 14.4 Å². The Morgan fingerprint density at radius 1 is 1.50 bits per heavy atom. The highest BCUT2D eigenvalue weighted by Crippen LogP contribution is 2.17. The van der Waals surface area contributed by atoms with Crippen molar-refractivity contribution in [3.05, 3.63) is 22.7 Å².